The minimum absolute atomic E-state index is 0.216. The van der Waals surface area contributed by atoms with E-state index in [9.17, 15) is 4.79 Å². The molecule has 0 aliphatic carbocycles. The van der Waals surface area contributed by atoms with Crippen LogP contribution in [-0.4, -0.2) is 59.6 Å². The molecule has 4 heteroatoms. The average molecular weight is 256 g/mol. The number of ether oxygens (including phenoxy) is 1. The molecule has 2 unspecified atom stereocenters. The zero-order valence-corrected chi connectivity index (χ0v) is 12.6. The summed E-state index contributed by atoms with van der Waals surface area (Å²) >= 11 is 0. The second-order valence-corrected chi connectivity index (χ2v) is 5.94. The van der Waals surface area contributed by atoms with Gasteiger partial charge in [-0.15, -0.1) is 0 Å². The Bertz CT molecular complexity index is 261. The maximum atomic E-state index is 12.4. The van der Waals surface area contributed by atoms with Crippen LogP contribution in [0.25, 0.3) is 0 Å². The summed E-state index contributed by atoms with van der Waals surface area (Å²) in [5.74, 6) is 0.223. The largest absolute Gasteiger partial charge is 0.373 e. The third-order valence-electron chi connectivity index (χ3n) is 3.25. The molecule has 106 valence electrons. The molecule has 1 amide bonds. The summed E-state index contributed by atoms with van der Waals surface area (Å²) in [7, 11) is 0. The first-order valence-corrected chi connectivity index (χ1v) is 7.00. The van der Waals surface area contributed by atoms with Crippen LogP contribution in [0.2, 0.25) is 0 Å². The number of carbonyl (C=O) groups is 1. The SMILES string of the molecule is CC1CN(CC(=O)N(C(C)C)C(C)C)CC(C)O1. The molecule has 0 aromatic carbocycles. The quantitative estimate of drug-likeness (QED) is 0.768. The third kappa shape index (κ3) is 4.25. The Kier molecular flexibility index (Phi) is 5.60. The van der Waals surface area contributed by atoms with Gasteiger partial charge < -0.3 is 9.64 Å². The van der Waals surface area contributed by atoms with Gasteiger partial charge in [0.1, 0.15) is 0 Å². The number of rotatable bonds is 4. The van der Waals surface area contributed by atoms with E-state index in [1.54, 1.807) is 0 Å². The highest BCUT2D eigenvalue weighted by Crippen LogP contribution is 2.12. The van der Waals surface area contributed by atoms with Crippen LogP contribution in [0.15, 0.2) is 0 Å². The zero-order chi connectivity index (χ0) is 13.9. The van der Waals surface area contributed by atoms with Gasteiger partial charge in [-0.1, -0.05) is 0 Å². The fourth-order valence-electron chi connectivity index (χ4n) is 2.86. The lowest BCUT2D eigenvalue weighted by Crippen LogP contribution is -2.52. The summed E-state index contributed by atoms with van der Waals surface area (Å²) in [6.45, 7) is 14.6. The van der Waals surface area contributed by atoms with E-state index in [1.807, 2.05) is 4.90 Å². The van der Waals surface area contributed by atoms with Gasteiger partial charge in [0.05, 0.1) is 18.8 Å². The highest BCUT2D eigenvalue weighted by Gasteiger charge is 2.27. The predicted molar refractivity (Wildman–Crippen MR) is 73.6 cm³/mol. The molecule has 1 rings (SSSR count). The Morgan fingerprint density at radius 1 is 1.17 bits per heavy atom. The van der Waals surface area contributed by atoms with Crippen LogP contribution in [0.5, 0.6) is 0 Å². The molecule has 0 aromatic rings. The van der Waals surface area contributed by atoms with Gasteiger partial charge in [-0.2, -0.15) is 0 Å². The number of hydrogen-bond acceptors (Lipinski definition) is 3. The molecule has 0 N–H and O–H groups in total. The molecule has 1 saturated heterocycles. The smallest absolute Gasteiger partial charge is 0.237 e. The fraction of sp³-hybridized carbons (Fsp3) is 0.929. The van der Waals surface area contributed by atoms with Crippen LogP contribution in [0.1, 0.15) is 41.5 Å². The molecular formula is C14H28N2O2. The lowest BCUT2D eigenvalue weighted by molar-refractivity contribution is -0.139. The normalized spacial score (nSPS) is 25.8. The van der Waals surface area contributed by atoms with Gasteiger partial charge >= 0.3 is 0 Å². The van der Waals surface area contributed by atoms with Crippen LogP contribution in [0.3, 0.4) is 0 Å². The molecule has 0 aromatic heterocycles. The van der Waals surface area contributed by atoms with E-state index in [0.29, 0.717) is 6.54 Å². The number of morpholine rings is 1. The van der Waals surface area contributed by atoms with E-state index >= 15 is 0 Å². The molecule has 1 aliphatic heterocycles. The Hall–Kier alpha value is -0.610. The van der Waals surface area contributed by atoms with Gasteiger partial charge in [0, 0.05) is 25.2 Å². The van der Waals surface area contributed by atoms with Gasteiger partial charge in [-0.25, -0.2) is 0 Å². The molecule has 0 bridgehead atoms. The fourth-order valence-corrected chi connectivity index (χ4v) is 2.86. The van der Waals surface area contributed by atoms with Gasteiger partial charge in [-0.05, 0) is 41.5 Å². The first-order valence-electron chi connectivity index (χ1n) is 7.00. The summed E-state index contributed by atoms with van der Waals surface area (Å²) < 4.78 is 5.69. The van der Waals surface area contributed by atoms with Crippen molar-refractivity contribution in [3.8, 4) is 0 Å². The number of nitrogens with zero attached hydrogens (tertiary/aromatic N) is 2. The van der Waals surface area contributed by atoms with E-state index in [1.165, 1.54) is 0 Å². The molecule has 1 aliphatic rings. The van der Waals surface area contributed by atoms with Crippen LogP contribution in [-0.2, 0) is 9.53 Å². The maximum absolute atomic E-state index is 12.4. The third-order valence-corrected chi connectivity index (χ3v) is 3.25. The molecular weight excluding hydrogens is 228 g/mol. The molecule has 4 nitrogen and oxygen atoms in total. The predicted octanol–water partition coefficient (Wildman–Crippen LogP) is 1.74. The van der Waals surface area contributed by atoms with Gasteiger partial charge in [0.2, 0.25) is 5.91 Å². The topological polar surface area (TPSA) is 32.8 Å². The van der Waals surface area contributed by atoms with E-state index in [-0.39, 0.29) is 30.2 Å². The number of amides is 1. The first-order chi connectivity index (χ1) is 8.31. The first kappa shape index (κ1) is 15.4. The Morgan fingerprint density at radius 3 is 2.00 bits per heavy atom. The monoisotopic (exact) mass is 256 g/mol. The second kappa shape index (κ2) is 6.53. The van der Waals surface area contributed by atoms with Crippen LogP contribution < -0.4 is 0 Å². The van der Waals surface area contributed by atoms with Crippen LogP contribution in [0.4, 0.5) is 0 Å². The summed E-state index contributed by atoms with van der Waals surface area (Å²) in [5, 5.41) is 0. The minimum Gasteiger partial charge on any atom is -0.373 e. The highest BCUT2D eigenvalue weighted by atomic mass is 16.5. The minimum atomic E-state index is 0.216. The molecule has 1 heterocycles. The molecule has 0 spiro atoms. The highest BCUT2D eigenvalue weighted by molar-refractivity contribution is 5.78. The molecule has 1 fully saturated rings. The maximum Gasteiger partial charge on any atom is 0.237 e. The molecule has 18 heavy (non-hydrogen) atoms. The van der Waals surface area contributed by atoms with Crippen LogP contribution in [0, 0.1) is 0 Å². The van der Waals surface area contributed by atoms with Crippen molar-refractivity contribution in [3.63, 3.8) is 0 Å². The Balaban J connectivity index is 2.57. The lowest BCUT2D eigenvalue weighted by Gasteiger charge is -2.37. The van der Waals surface area contributed by atoms with Gasteiger partial charge in [-0.3, -0.25) is 9.69 Å². The van der Waals surface area contributed by atoms with Crippen molar-refractivity contribution in [1.29, 1.82) is 0 Å². The molecule has 0 saturated carbocycles. The standard InChI is InChI=1S/C14H28N2O2/c1-10(2)16(11(3)4)14(17)9-15-7-12(5)18-13(6)8-15/h10-13H,7-9H2,1-6H3. The summed E-state index contributed by atoms with van der Waals surface area (Å²) in [5.41, 5.74) is 0. The van der Waals surface area contributed by atoms with E-state index in [0.717, 1.165) is 13.1 Å². The van der Waals surface area contributed by atoms with Crippen molar-refractivity contribution in [3.05, 3.63) is 0 Å². The van der Waals surface area contributed by atoms with Gasteiger partial charge in [0.15, 0.2) is 0 Å². The number of hydrogen-bond donors (Lipinski definition) is 0. The van der Waals surface area contributed by atoms with Crippen molar-refractivity contribution >= 4 is 5.91 Å². The van der Waals surface area contributed by atoms with E-state index in [4.69, 9.17) is 4.74 Å². The lowest BCUT2D eigenvalue weighted by atomic mass is 10.2. The Morgan fingerprint density at radius 2 is 1.61 bits per heavy atom. The van der Waals surface area contributed by atoms with E-state index in [2.05, 4.69) is 46.4 Å². The van der Waals surface area contributed by atoms with Crippen molar-refractivity contribution in [2.24, 2.45) is 0 Å². The Labute approximate surface area is 111 Å². The molecule has 0 radical (unpaired) electrons. The average Bonchev–Trinajstić information content (AvgIpc) is 2.13. The summed E-state index contributed by atoms with van der Waals surface area (Å²) in [6.07, 6.45) is 0.432. The van der Waals surface area contributed by atoms with Crippen LogP contribution >= 0.6 is 0 Å². The summed E-state index contributed by atoms with van der Waals surface area (Å²) in [6, 6.07) is 0.516. The van der Waals surface area contributed by atoms with E-state index < -0.39 is 0 Å². The number of carbonyl (C=O) groups excluding carboxylic acids is 1. The molecule has 2 atom stereocenters. The van der Waals surface area contributed by atoms with Gasteiger partial charge in [0.25, 0.3) is 0 Å². The second-order valence-electron chi connectivity index (χ2n) is 5.94. The summed E-state index contributed by atoms with van der Waals surface area (Å²) in [4.78, 5) is 16.5. The van der Waals surface area contributed by atoms with Crippen molar-refractivity contribution in [1.82, 2.24) is 9.80 Å². The van der Waals surface area contributed by atoms with Crippen molar-refractivity contribution in [2.45, 2.75) is 65.8 Å². The zero-order valence-electron chi connectivity index (χ0n) is 12.6. The van der Waals surface area contributed by atoms with Crippen molar-refractivity contribution < 1.29 is 9.53 Å². The van der Waals surface area contributed by atoms with Crippen molar-refractivity contribution in [2.75, 3.05) is 19.6 Å².